The second kappa shape index (κ2) is 7.27. The molecule has 0 unspecified atom stereocenters. The molecule has 2 rings (SSSR count). The van der Waals surface area contributed by atoms with Crippen LogP contribution in [0.15, 0.2) is 28.7 Å². The summed E-state index contributed by atoms with van der Waals surface area (Å²) in [6.07, 6.45) is 2.59. The Kier molecular flexibility index (Phi) is 5.67. The van der Waals surface area contributed by atoms with E-state index in [-0.39, 0.29) is 0 Å². The van der Waals surface area contributed by atoms with Gasteiger partial charge in [0, 0.05) is 29.3 Å². The molecular formula is C15H24BrN3. The molecule has 0 amide bonds. The van der Waals surface area contributed by atoms with Crippen molar-refractivity contribution in [2.24, 2.45) is 0 Å². The number of hydrogen-bond donors (Lipinski definition) is 1. The van der Waals surface area contributed by atoms with Crippen LogP contribution in [-0.4, -0.2) is 56.1 Å². The van der Waals surface area contributed by atoms with E-state index in [0.29, 0.717) is 0 Å². The van der Waals surface area contributed by atoms with Crippen molar-refractivity contribution in [1.29, 1.82) is 0 Å². The first-order chi connectivity index (χ1) is 9.15. The smallest absolute Gasteiger partial charge is 0.0351 e. The zero-order valence-corrected chi connectivity index (χ0v) is 13.5. The third-order valence-electron chi connectivity index (χ3n) is 3.87. The highest BCUT2D eigenvalue weighted by Crippen LogP contribution is 2.16. The molecule has 0 saturated carbocycles. The van der Waals surface area contributed by atoms with Gasteiger partial charge in [-0.05, 0) is 58.2 Å². The molecule has 1 aromatic carbocycles. The second-order valence-electron chi connectivity index (χ2n) is 5.47. The molecule has 1 heterocycles. The third-order valence-corrected chi connectivity index (χ3v) is 4.36. The van der Waals surface area contributed by atoms with Gasteiger partial charge in [-0.3, -0.25) is 0 Å². The molecule has 0 aromatic heterocycles. The van der Waals surface area contributed by atoms with Gasteiger partial charge in [-0.1, -0.05) is 22.0 Å². The van der Waals surface area contributed by atoms with Gasteiger partial charge in [0.25, 0.3) is 0 Å². The van der Waals surface area contributed by atoms with E-state index in [1.807, 2.05) is 0 Å². The summed E-state index contributed by atoms with van der Waals surface area (Å²) >= 11 is 3.50. The number of hydrogen-bond acceptors (Lipinski definition) is 3. The Balaban J connectivity index is 1.67. The Morgan fingerprint density at radius 3 is 2.68 bits per heavy atom. The predicted octanol–water partition coefficient (Wildman–Crippen LogP) is 2.89. The molecule has 1 N–H and O–H groups in total. The van der Waals surface area contributed by atoms with Gasteiger partial charge in [0.05, 0.1) is 0 Å². The lowest BCUT2D eigenvalue weighted by Crippen LogP contribution is -2.43. The Morgan fingerprint density at radius 1 is 1.32 bits per heavy atom. The molecule has 0 aliphatic carbocycles. The van der Waals surface area contributed by atoms with Gasteiger partial charge in [0.15, 0.2) is 0 Å². The molecular weight excluding hydrogens is 302 g/mol. The molecule has 1 aliphatic rings. The van der Waals surface area contributed by atoms with E-state index in [4.69, 9.17) is 0 Å². The number of anilines is 1. The van der Waals surface area contributed by atoms with Crippen LogP contribution < -0.4 is 5.32 Å². The highest BCUT2D eigenvalue weighted by Gasteiger charge is 2.19. The Labute approximate surface area is 125 Å². The molecule has 106 valence electrons. The highest BCUT2D eigenvalue weighted by atomic mass is 79.9. The average Bonchev–Trinajstić information content (AvgIpc) is 2.39. The lowest BCUT2D eigenvalue weighted by Gasteiger charge is -2.35. The van der Waals surface area contributed by atoms with E-state index < -0.39 is 0 Å². The number of nitrogens with one attached hydrogen (secondary N) is 1. The second-order valence-corrected chi connectivity index (χ2v) is 6.39. The monoisotopic (exact) mass is 325 g/mol. The van der Waals surface area contributed by atoms with Crippen LogP contribution in [0.5, 0.6) is 0 Å². The lowest BCUT2D eigenvalue weighted by molar-refractivity contribution is 0.148. The van der Waals surface area contributed by atoms with Crippen LogP contribution in [0.2, 0.25) is 0 Å². The number of halogens is 1. The first-order valence-corrected chi connectivity index (χ1v) is 7.82. The van der Waals surface area contributed by atoms with Crippen LogP contribution in [-0.2, 0) is 0 Å². The van der Waals surface area contributed by atoms with Crippen molar-refractivity contribution in [1.82, 2.24) is 9.80 Å². The summed E-state index contributed by atoms with van der Waals surface area (Å²) < 4.78 is 1.13. The maximum atomic E-state index is 3.50. The van der Waals surface area contributed by atoms with Gasteiger partial charge < -0.3 is 15.1 Å². The fourth-order valence-electron chi connectivity index (χ4n) is 2.62. The Bertz CT molecular complexity index is 387. The minimum absolute atomic E-state index is 0.772. The normalized spacial score (nSPS) is 17.9. The summed E-state index contributed by atoms with van der Waals surface area (Å²) in [5, 5.41) is 3.48. The topological polar surface area (TPSA) is 18.5 Å². The number of piperidine rings is 1. The SMILES string of the molecule is CN(C)C1CCN(CCNc2cccc(Br)c2)CC1. The third kappa shape index (κ3) is 4.79. The van der Waals surface area contributed by atoms with Gasteiger partial charge in [-0.25, -0.2) is 0 Å². The number of nitrogens with zero attached hydrogens (tertiary/aromatic N) is 2. The number of rotatable bonds is 5. The molecule has 4 heteroatoms. The van der Waals surface area contributed by atoms with Gasteiger partial charge in [-0.2, -0.15) is 0 Å². The maximum absolute atomic E-state index is 3.50. The minimum atomic E-state index is 0.772. The fraction of sp³-hybridized carbons (Fsp3) is 0.600. The first kappa shape index (κ1) is 14.8. The van der Waals surface area contributed by atoms with Crippen molar-refractivity contribution in [3.63, 3.8) is 0 Å². The molecule has 1 saturated heterocycles. The van der Waals surface area contributed by atoms with E-state index in [1.54, 1.807) is 0 Å². The van der Waals surface area contributed by atoms with Crippen molar-refractivity contribution in [2.75, 3.05) is 45.6 Å². The predicted molar refractivity (Wildman–Crippen MR) is 85.8 cm³/mol. The average molecular weight is 326 g/mol. The lowest BCUT2D eigenvalue weighted by atomic mass is 10.0. The van der Waals surface area contributed by atoms with Crippen LogP contribution in [0.25, 0.3) is 0 Å². The summed E-state index contributed by atoms with van der Waals surface area (Å²) in [5.74, 6) is 0. The Morgan fingerprint density at radius 2 is 2.05 bits per heavy atom. The molecule has 0 bridgehead atoms. The van der Waals surface area contributed by atoms with E-state index in [9.17, 15) is 0 Å². The van der Waals surface area contributed by atoms with E-state index in [0.717, 1.165) is 23.6 Å². The minimum Gasteiger partial charge on any atom is -0.384 e. The van der Waals surface area contributed by atoms with Crippen LogP contribution in [0.1, 0.15) is 12.8 Å². The molecule has 1 aliphatic heterocycles. The summed E-state index contributed by atoms with van der Waals surface area (Å²) in [7, 11) is 4.38. The molecule has 0 radical (unpaired) electrons. The highest BCUT2D eigenvalue weighted by molar-refractivity contribution is 9.10. The van der Waals surface area contributed by atoms with E-state index in [2.05, 4.69) is 69.4 Å². The van der Waals surface area contributed by atoms with Gasteiger partial charge >= 0.3 is 0 Å². The number of likely N-dealkylation sites (tertiary alicyclic amines) is 1. The van der Waals surface area contributed by atoms with Gasteiger partial charge in [-0.15, -0.1) is 0 Å². The fourth-order valence-corrected chi connectivity index (χ4v) is 3.02. The first-order valence-electron chi connectivity index (χ1n) is 7.03. The summed E-state index contributed by atoms with van der Waals surface area (Å²) in [6.45, 7) is 4.60. The molecule has 0 spiro atoms. The van der Waals surface area contributed by atoms with Crippen molar-refractivity contribution in [3.05, 3.63) is 28.7 Å². The Hall–Kier alpha value is -0.580. The van der Waals surface area contributed by atoms with Crippen LogP contribution in [0, 0.1) is 0 Å². The van der Waals surface area contributed by atoms with Crippen LogP contribution >= 0.6 is 15.9 Å². The van der Waals surface area contributed by atoms with E-state index >= 15 is 0 Å². The zero-order valence-electron chi connectivity index (χ0n) is 11.9. The van der Waals surface area contributed by atoms with Crippen molar-refractivity contribution < 1.29 is 0 Å². The summed E-state index contributed by atoms with van der Waals surface area (Å²) in [6, 6.07) is 9.13. The summed E-state index contributed by atoms with van der Waals surface area (Å²) in [5.41, 5.74) is 1.19. The zero-order chi connectivity index (χ0) is 13.7. The quantitative estimate of drug-likeness (QED) is 0.898. The summed E-state index contributed by atoms with van der Waals surface area (Å²) in [4.78, 5) is 4.92. The van der Waals surface area contributed by atoms with E-state index in [1.165, 1.54) is 31.6 Å². The maximum Gasteiger partial charge on any atom is 0.0351 e. The van der Waals surface area contributed by atoms with Gasteiger partial charge in [0.1, 0.15) is 0 Å². The molecule has 3 nitrogen and oxygen atoms in total. The van der Waals surface area contributed by atoms with Crippen LogP contribution in [0.4, 0.5) is 5.69 Å². The standard InChI is InChI=1S/C15H24BrN3/c1-18(2)15-6-9-19(10-7-15)11-8-17-14-5-3-4-13(16)12-14/h3-5,12,15,17H,6-11H2,1-2H3. The van der Waals surface area contributed by atoms with Gasteiger partial charge in [0.2, 0.25) is 0 Å². The van der Waals surface area contributed by atoms with Crippen molar-refractivity contribution in [3.8, 4) is 0 Å². The van der Waals surface area contributed by atoms with Crippen molar-refractivity contribution in [2.45, 2.75) is 18.9 Å². The van der Waals surface area contributed by atoms with Crippen molar-refractivity contribution >= 4 is 21.6 Å². The largest absolute Gasteiger partial charge is 0.384 e. The molecule has 1 aromatic rings. The molecule has 19 heavy (non-hydrogen) atoms. The number of benzene rings is 1. The molecule has 1 fully saturated rings. The molecule has 0 atom stereocenters. The van der Waals surface area contributed by atoms with Crippen LogP contribution in [0.3, 0.4) is 0 Å².